The zero-order valence-corrected chi connectivity index (χ0v) is 15.9. The van der Waals surface area contributed by atoms with Crippen LogP contribution in [0.4, 0.5) is 33.3 Å². The first kappa shape index (κ1) is 18.9. The van der Waals surface area contributed by atoms with Crippen LogP contribution in [0.3, 0.4) is 0 Å². The number of halogens is 1. The molecular weight excluding hydrogens is 375 g/mol. The Balaban J connectivity index is 1.52. The maximum absolute atomic E-state index is 13.8. The molecule has 0 bridgehead atoms. The van der Waals surface area contributed by atoms with Crippen molar-refractivity contribution in [1.82, 2.24) is 15.0 Å². The van der Waals surface area contributed by atoms with Gasteiger partial charge < -0.3 is 25.0 Å². The maximum Gasteiger partial charge on any atom is 0.232 e. The lowest BCUT2D eigenvalue weighted by molar-refractivity contribution is 0.122. The Kier molecular flexibility index (Phi) is 5.66. The van der Waals surface area contributed by atoms with Crippen molar-refractivity contribution in [3.8, 4) is 5.75 Å². The summed E-state index contributed by atoms with van der Waals surface area (Å²) in [6, 6.07) is 12.2. The molecule has 1 aromatic heterocycles. The van der Waals surface area contributed by atoms with Crippen molar-refractivity contribution in [1.29, 1.82) is 0 Å². The van der Waals surface area contributed by atoms with Crippen LogP contribution in [0.2, 0.25) is 0 Å². The number of anilines is 5. The summed E-state index contributed by atoms with van der Waals surface area (Å²) in [7, 11) is 1.61. The van der Waals surface area contributed by atoms with E-state index in [0.29, 0.717) is 30.6 Å². The molecule has 9 heteroatoms. The molecule has 1 aliphatic rings. The molecule has 0 atom stereocenters. The minimum atomic E-state index is -0.386. The monoisotopic (exact) mass is 396 g/mol. The van der Waals surface area contributed by atoms with Gasteiger partial charge in [0.2, 0.25) is 11.9 Å². The molecule has 0 spiro atoms. The molecule has 1 aliphatic heterocycles. The van der Waals surface area contributed by atoms with Gasteiger partial charge in [-0.05, 0) is 24.3 Å². The van der Waals surface area contributed by atoms with Crippen LogP contribution in [0.15, 0.2) is 48.8 Å². The molecule has 0 radical (unpaired) electrons. The Hall–Kier alpha value is -3.46. The average Bonchev–Trinajstić information content (AvgIpc) is 2.76. The lowest BCUT2D eigenvalue weighted by atomic mass is 10.2. The summed E-state index contributed by atoms with van der Waals surface area (Å²) < 4.78 is 24.8. The topological polar surface area (TPSA) is 84.4 Å². The highest BCUT2D eigenvalue weighted by molar-refractivity contribution is 5.68. The van der Waals surface area contributed by atoms with Crippen LogP contribution in [-0.2, 0) is 4.74 Å². The predicted octanol–water partition coefficient (Wildman–Crippen LogP) is 3.34. The molecular formula is C20H21FN6O2. The van der Waals surface area contributed by atoms with Crippen LogP contribution in [0, 0.1) is 5.82 Å². The van der Waals surface area contributed by atoms with Gasteiger partial charge >= 0.3 is 0 Å². The Labute approximate surface area is 167 Å². The Morgan fingerprint density at radius 1 is 1.00 bits per heavy atom. The first-order valence-corrected chi connectivity index (χ1v) is 9.21. The van der Waals surface area contributed by atoms with Gasteiger partial charge in [0.25, 0.3) is 0 Å². The third kappa shape index (κ3) is 4.52. The summed E-state index contributed by atoms with van der Waals surface area (Å²) in [6.45, 7) is 3.11. The van der Waals surface area contributed by atoms with Gasteiger partial charge in [0.1, 0.15) is 17.9 Å². The maximum atomic E-state index is 13.8. The molecule has 2 N–H and O–H groups in total. The second kappa shape index (κ2) is 8.70. The quantitative estimate of drug-likeness (QED) is 0.656. The van der Waals surface area contributed by atoms with Crippen molar-refractivity contribution in [3.63, 3.8) is 0 Å². The lowest BCUT2D eigenvalue weighted by Crippen LogP contribution is -2.36. The van der Waals surface area contributed by atoms with Crippen LogP contribution >= 0.6 is 0 Å². The van der Waals surface area contributed by atoms with Gasteiger partial charge in [0.05, 0.1) is 31.7 Å². The average molecular weight is 396 g/mol. The highest BCUT2D eigenvalue weighted by Gasteiger charge is 2.14. The fourth-order valence-electron chi connectivity index (χ4n) is 3.02. The van der Waals surface area contributed by atoms with Gasteiger partial charge in [0.15, 0.2) is 0 Å². The van der Waals surface area contributed by atoms with Gasteiger partial charge in [-0.15, -0.1) is 0 Å². The van der Waals surface area contributed by atoms with Gasteiger partial charge in [0, 0.05) is 24.8 Å². The molecule has 0 unspecified atom stereocenters. The van der Waals surface area contributed by atoms with Crippen LogP contribution in [0.5, 0.6) is 5.75 Å². The SMILES string of the molecule is COc1cc(N2CCOCC2)ccc1Nc1ncnc(Nc2ccccc2F)n1. The van der Waals surface area contributed by atoms with E-state index >= 15 is 0 Å². The number of morpholine rings is 1. The normalized spacial score (nSPS) is 13.8. The van der Waals surface area contributed by atoms with Crippen LogP contribution < -0.4 is 20.3 Å². The van der Waals surface area contributed by atoms with Crippen molar-refractivity contribution in [2.45, 2.75) is 0 Å². The van der Waals surface area contributed by atoms with E-state index < -0.39 is 0 Å². The first-order chi connectivity index (χ1) is 14.2. The van der Waals surface area contributed by atoms with Crippen molar-refractivity contribution < 1.29 is 13.9 Å². The molecule has 1 fully saturated rings. The second-order valence-corrected chi connectivity index (χ2v) is 6.35. The van der Waals surface area contributed by atoms with E-state index in [1.807, 2.05) is 18.2 Å². The number of rotatable bonds is 6. The predicted molar refractivity (Wildman–Crippen MR) is 109 cm³/mol. The van der Waals surface area contributed by atoms with Gasteiger partial charge in [-0.25, -0.2) is 14.4 Å². The van der Waals surface area contributed by atoms with Gasteiger partial charge in [-0.1, -0.05) is 12.1 Å². The van der Waals surface area contributed by atoms with Crippen molar-refractivity contribution in [2.24, 2.45) is 0 Å². The lowest BCUT2D eigenvalue weighted by Gasteiger charge is -2.29. The number of para-hydroxylation sites is 1. The van der Waals surface area contributed by atoms with E-state index in [-0.39, 0.29) is 17.5 Å². The second-order valence-electron chi connectivity index (χ2n) is 6.35. The zero-order chi connectivity index (χ0) is 20.1. The molecule has 4 rings (SSSR count). The summed E-state index contributed by atoms with van der Waals surface area (Å²) in [5.41, 5.74) is 2.07. The van der Waals surface area contributed by atoms with E-state index in [4.69, 9.17) is 9.47 Å². The van der Waals surface area contributed by atoms with Crippen molar-refractivity contribution in [2.75, 3.05) is 48.9 Å². The number of nitrogens with one attached hydrogen (secondary N) is 2. The summed E-state index contributed by atoms with van der Waals surface area (Å²) in [6.07, 6.45) is 1.35. The summed E-state index contributed by atoms with van der Waals surface area (Å²) >= 11 is 0. The molecule has 2 aromatic carbocycles. The number of hydrogen-bond donors (Lipinski definition) is 2. The molecule has 29 heavy (non-hydrogen) atoms. The zero-order valence-electron chi connectivity index (χ0n) is 15.9. The van der Waals surface area contributed by atoms with E-state index in [1.165, 1.54) is 12.4 Å². The number of aromatic nitrogens is 3. The molecule has 150 valence electrons. The van der Waals surface area contributed by atoms with E-state index in [9.17, 15) is 4.39 Å². The summed E-state index contributed by atoms with van der Waals surface area (Å²) in [4.78, 5) is 14.7. The van der Waals surface area contributed by atoms with Crippen molar-refractivity contribution >= 4 is 29.0 Å². The third-order valence-electron chi connectivity index (χ3n) is 4.50. The van der Waals surface area contributed by atoms with Crippen molar-refractivity contribution in [3.05, 3.63) is 54.6 Å². The molecule has 8 nitrogen and oxygen atoms in total. The summed E-state index contributed by atoms with van der Waals surface area (Å²) in [5, 5.41) is 5.98. The van der Waals surface area contributed by atoms with E-state index in [0.717, 1.165) is 18.8 Å². The molecule has 0 aliphatic carbocycles. The highest BCUT2D eigenvalue weighted by atomic mass is 19.1. The molecule has 3 aromatic rings. The van der Waals surface area contributed by atoms with Gasteiger partial charge in [-0.3, -0.25) is 0 Å². The summed E-state index contributed by atoms with van der Waals surface area (Å²) in [5.74, 6) is 0.827. The smallest absolute Gasteiger partial charge is 0.232 e. The number of ether oxygens (including phenoxy) is 2. The molecule has 0 saturated carbocycles. The van der Waals surface area contributed by atoms with Crippen LogP contribution in [-0.4, -0.2) is 48.4 Å². The molecule has 2 heterocycles. The van der Waals surface area contributed by atoms with Crippen LogP contribution in [0.1, 0.15) is 0 Å². The fourth-order valence-corrected chi connectivity index (χ4v) is 3.02. The first-order valence-electron chi connectivity index (χ1n) is 9.21. The Bertz CT molecular complexity index is 981. The Morgan fingerprint density at radius 3 is 2.45 bits per heavy atom. The molecule has 0 amide bonds. The van der Waals surface area contributed by atoms with E-state index in [1.54, 1.807) is 25.3 Å². The number of nitrogens with zero attached hydrogens (tertiary/aromatic N) is 4. The highest BCUT2D eigenvalue weighted by Crippen LogP contribution is 2.31. The third-order valence-corrected chi connectivity index (χ3v) is 4.50. The number of hydrogen-bond acceptors (Lipinski definition) is 8. The number of benzene rings is 2. The largest absolute Gasteiger partial charge is 0.494 e. The van der Waals surface area contributed by atoms with E-state index in [2.05, 4.69) is 30.5 Å². The minimum absolute atomic E-state index is 0.233. The standard InChI is InChI=1S/C20H21FN6O2/c1-28-18-12-14(27-8-10-29-11-9-27)6-7-17(18)25-20-23-13-22-19(26-20)24-16-5-3-2-4-15(16)21/h2-7,12-13H,8-11H2,1H3,(H2,22,23,24,25,26). The van der Waals surface area contributed by atoms with Gasteiger partial charge in [-0.2, -0.15) is 4.98 Å². The number of methoxy groups -OCH3 is 1. The Morgan fingerprint density at radius 2 is 1.72 bits per heavy atom. The van der Waals surface area contributed by atoms with Crippen LogP contribution in [0.25, 0.3) is 0 Å². The fraction of sp³-hybridized carbons (Fsp3) is 0.250. The minimum Gasteiger partial charge on any atom is -0.494 e. The molecule has 1 saturated heterocycles.